The van der Waals surface area contributed by atoms with Gasteiger partial charge in [-0.25, -0.2) is 0 Å². The molecule has 0 radical (unpaired) electrons. The molecule has 1 saturated carbocycles. The van der Waals surface area contributed by atoms with Gasteiger partial charge in [-0.15, -0.1) is 0 Å². The zero-order chi connectivity index (χ0) is 12.3. The van der Waals surface area contributed by atoms with Gasteiger partial charge in [0, 0.05) is 5.69 Å². The third kappa shape index (κ3) is 2.81. The van der Waals surface area contributed by atoms with E-state index in [-0.39, 0.29) is 6.10 Å². The molecule has 2 nitrogen and oxygen atoms in total. The van der Waals surface area contributed by atoms with Gasteiger partial charge in [-0.2, -0.15) is 0 Å². The first-order valence-electron chi connectivity index (χ1n) is 6.76. The summed E-state index contributed by atoms with van der Waals surface area (Å²) in [6, 6.07) is 7.67. The van der Waals surface area contributed by atoms with Crippen LogP contribution in [0.25, 0.3) is 0 Å². The molecule has 3 atom stereocenters. The molecule has 1 aromatic rings. The van der Waals surface area contributed by atoms with Crippen LogP contribution < -0.4 is 5.73 Å². The minimum atomic E-state index is -0.319. The zero-order valence-corrected chi connectivity index (χ0v) is 10.6. The maximum atomic E-state index is 10.5. The van der Waals surface area contributed by atoms with Crippen molar-refractivity contribution >= 4 is 5.69 Å². The summed E-state index contributed by atoms with van der Waals surface area (Å²) in [5, 5.41) is 10.5. The van der Waals surface area contributed by atoms with Crippen LogP contribution in [-0.4, -0.2) is 5.11 Å². The number of aliphatic hydroxyl groups is 1. The second-order valence-electron chi connectivity index (χ2n) is 5.23. The molecule has 0 amide bonds. The van der Waals surface area contributed by atoms with E-state index in [1.165, 1.54) is 25.7 Å². The molecular formula is C15H23NO. The summed E-state index contributed by atoms with van der Waals surface area (Å²) in [4.78, 5) is 0. The summed E-state index contributed by atoms with van der Waals surface area (Å²) in [6.45, 7) is 2.23. The van der Waals surface area contributed by atoms with Gasteiger partial charge < -0.3 is 10.8 Å². The summed E-state index contributed by atoms with van der Waals surface area (Å²) < 4.78 is 0. The van der Waals surface area contributed by atoms with Crippen molar-refractivity contribution in [3.8, 4) is 0 Å². The SMILES string of the molecule is CCC1CCCCC1C(O)c1ccc(N)cc1. The summed E-state index contributed by atoms with van der Waals surface area (Å²) in [6.07, 6.45) is 5.87. The second kappa shape index (κ2) is 5.54. The number of hydrogen-bond acceptors (Lipinski definition) is 2. The van der Waals surface area contributed by atoms with Crippen molar-refractivity contribution in [2.45, 2.75) is 45.1 Å². The van der Waals surface area contributed by atoms with Crippen LogP contribution in [0.4, 0.5) is 5.69 Å². The molecule has 0 saturated heterocycles. The molecule has 2 rings (SSSR count). The summed E-state index contributed by atoms with van der Waals surface area (Å²) >= 11 is 0. The molecule has 1 aliphatic carbocycles. The van der Waals surface area contributed by atoms with Crippen molar-refractivity contribution in [1.29, 1.82) is 0 Å². The van der Waals surface area contributed by atoms with E-state index < -0.39 is 0 Å². The fourth-order valence-electron chi connectivity index (χ4n) is 3.10. The molecule has 1 aromatic carbocycles. The fourth-order valence-corrected chi connectivity index (χ4v) is 3.10. The average molecular weight is 233 g/mol. The topological polar surface area (TPSA) is 46.2 Å². The first-order chi connectivity index (χ1) is 8.22. The van der Waals surface area contributed by atoms with Gasteiger partial charge in [-0.3, -0.25) is 0 Å². The standard InChI is InChI=1S/C15H23NO/c1-2-11-5-3-4-6-14(11)15(17)12-7-9-13(16)10-8-12/h7-11,14-15,17H,2-6,16H2,1H3. The third-order valence-electron chi connectivity index (χ3n) is 4.18. The molecule has 0 heterocycles. The van der Waals surface area contributed by atoms with Gasteiger partial charge in [0.2, 0.25) is 0 Å². The van der Waals surface area contributed by atoms with E-state index in [9.17, 15) is 5.11 Å². The molecule has 2 heteroatoms. The van der Waals surface area contributed by atoms with Crippen LogP contribution in [0.3, 0.4) is 0 Å². The molecule has 3 N–H and O–H groups in total. The largest absolute Gasteiger partial charge is 0.399 e. The first kappa shape index (κ1) is 12.4. The zero-order valence-electron chi connectivity index (χ0n) is 10.6. The molecule has 1 fully saturated rings. The third-order valence-corrected chi connectivity index (χ3v) is 4.18. The van der Waals surface area contributed by atoms with Gasteiger partial charge in [0.05, 0.1) is 6.10 Å². The van der Waals surface area contributed by atoms with Gasteiger partial charge >= 0.3 is 0 Å². The van der Waals surface area contributed by atoms with E-state index in [1.54, 1.807) is 0 Å². The molecule has 94 valence electrons. The predicted octanol–water partition coefficient (Wildman–Crippen LogP) is 3.52. The summed E-state index contributed by atoms with van der Waals surface area (Å²) in [5.74, 6) is 1.11. The Morgan fingerprint density at radius 3 is 2.53 bits per heavy atom. The minimum absolute atomic E-state index is 0.319. The fraction of sp³-hybridized carbons (Fsp3) is 0.600. The van der Waals surface area contributed by atoms with Crippen LogP contribution in [0.1, 0.15) is 50.7 Å². The lowest BCUT2D eigenvalue weighted by Crippen LogP contribution is -2.25. The Hall–Kier alpha value is -1.02. The first-order valence-corrected chi connectivity index (χ1v) is 6.76. The van der Waals surface area contributed by atoms with Crippen molar-refractivity contribution in [3.05, 3.63) is 29.8 Å². The Morgan fingerprint density at radius 2 is 1.88 bits per heavy atom. The summed E-state index contributed by atoms with van der Waals surface area (Å²) in [5.41, 5.74) is 7.46. The molecule has 0 bridgehead atoms. The highest BCUT2D eigenvalue weighted by molar-refractivity contribution is 5.40. The molecule has 0 aromatic heterocycles. The van der Waals surface area contributed by atoms with Crippen LogP contribution in [0.5, 0.6) is 0 Å². The highest BCUT2D eigenvalue weighted by Gasteiger charge is 2.30. The lowest BCUT2D eigenvalue weighted by molar-refractivity contribution is 0.0452. The van der Waals surface area contributed by atoms with E-state index >= 15 is 0 Å². The quantitative estimate of drug-likeness (QED) is 0.785. The van der Waals surface area contributed by atoms with E-state index in [4.69, 9.17) is 5.73 Å². The Balaban J connectivity index is 2.12. The molecule has 3 unspecified atom stereocenters. The van der Waals surface area contributed by atoms with Crippen LogP contribution in [-0.2, 0) is 0 Å². The van der Waals surface area contributed by atoms with Gasteiger partial charge in [-0.05, 0) is 36.0 Å². The van der Waals surface area contributed by atoms with E-state index in [0.29, 0.717) is 11.8 Å². The number of aliphatic hydroxyl groups excluding tert-OH is 1. The highest BCUT2D eigenvalue weighted by Crippen LogP contribution is 2.40. The van der Waals surface area contributed by atoms with Crippen LogP contribution in [0, 0.1) is 11.8 Å². The van der Waals surface area contributed by atoms with Gasteiger partial charge in [-0.1, -0.05) is 44.7 Å². The number of rotatable bonds is 3. The summed E-state index contributed by atoms with van der Waals surface area (Å²) in [7, 11) is 0. The molecule has 0 aliphatic heterocycles. The lowest BCUT2D eigenvalue weighted by atomic mass is 9.73. The van der Waals surface area contributed by atoms with Crippen molar-refractivity contribution < 1.29 is 5.11 Å². The normalized spacial score (nSPS) is 26.7. The van der Waals surface area contributed by atoms with Crippen molar-refractivity contribution in [1.82, 2.24) is 0 Å². The Morgan fingerprint density at radius 1 is 1.24 bits per heavy atom. The molecule has 0 spiro atoms. The van der Waals surface area contributed by atoms with Crippen LogP contribution in [0.15, 0.2) is 24.3 Å². The maximum absolute atomic E-state index is 10.5. The smallest absolute Gasteiger partial charge is 0.0820 e. The van der Waals surface area contributed by atoms with Gasteiger partial charge in [0.15, 0.2) is 0 Å². The van der Waals surface area contributed by atoms with Gasteiger partial charge in [0.1, 0.15) is 0 Å². The maximum Gasteiger partial charge on any atom is 0.0820 e. The number of hydrogen-bond donors (Lipinski definition) is 2. The van der Waals surface area contributed by atoms with Crippen molar-refractivity contribution in [2.24, 2.45) is 11.8 Å². The van der Waals surface area contributed by atoms with Crippen molar-refractivity contribution in [2.75, 3.05) is 5.73 Å². The Kier molecular flexibility index (Phi) is 4.06. The van der Waals surface area contributed by atoms with Crippen LogP contribution in [0.2, 0.25) is 0 Å². The van der Waals surface area contributed by atoms with E-state index in [1.807, 2.05) is 24.3 Å². The number of anilines is 1. The molecular weight excluding hydrogens is 210 g/mol. The Bertz CT molecular complexity index is 346. The highest BCUT2D eigenvalue weighted by atomic mass is 16.3. The van der Waals surface area contributed by atoms with Gasteiger partial charge in [0.25, 0.3) is 0 Å². The predicted molar refractivity (Wildman–Crippen MR) is 71.6 cm³/mol. The molecule has 1 aliphatic rings. The minimum Gasteiger partial charge on any atom is -0.399 e. The lowest BCUT2D eigenvalue weighted by Gasteiger charge is -2.34. The van der Waals surface area contributed by atoms with Crippen LogP contribution >= 0.6 is 0 Å². The number of benzene rings is 1. The monoisotopic (exact) mass is 233 g/mol. The van der Waals surface area contributed by atoms with Crippen molar-refractivity contribution in [3.63, 3.8) is 0 Å². The number of nitrogen functional groups attached to an aromatic ring is 1. The average Bonchev–Trinajstić information content (AvgIpc) is 2.39. The molecule has 17 heavy (non-hydrogen) atoms. The van der Waals surface area contributed by atoms with E-state index in [2.05, 4.69) is 6.92 Å². The second-order valence-corrected chi connectivity index (χ2v) is 5.23. The Labute approximate surface area is 104 Å². The van der Waals surface area contributed by atoms with E-state index in [0.717, 1.165) is 17.7 Å². The number of nitrogens with two attached hydrogens (primary N) is 1.